The van der Waals surface area contributed by atoms with Crippen LogP contribution in [-0.2, 0) is 28.6 Å². The Bertz CT molecular complexity index is 1610. The van der Waals surface area contributed by atoms with Crippen LogP contribution in [-0.4, -0.2) is 37.2 Å². The summed E-state index contributed by atoms with van der Waals surface area (Å²) in [6, 6.07) is 0. The van der Waals surface area contributed by atoms with Crippen LogP contribution in [0.25, 0.3) is 0 Å². The molecule has 0 radical (unpaired) electrons. The van der Waals surface area contributed by atoms with E-state index in [9.17, 15) is 14.4 Å². The lowest BCUT2D eigenvalue weighted by Gasteiger charge is -2.18. The minimum atomic E-state index is -0.793. The standard InChI is InChI=1S/C77H134O6/c1-4-7-10-13-16-19-22-25-27-29-31-33-34-35-36-37-38-39-40-41-42-44-45-47-49-52-55-58-61-64-67-70-76(79)82-73-74(72-81-75(78)69-66-63-60-57-54-51-24-21-18-15-12-9-6-3)83-77(80)71-68-65-62-59-56-53-50-48-46-43-32-30-28-26-23-20-17-14-11-8-5-2/h9,12,18,21-23,25-26,29-32,34-35,51,54,74H,4-8,10-11,13-17,19-20,24,27-28,33,36-50,52-53,55-73H2,1-3H3/b12-9-,21-18-,25-22-,26-23-,31-29-,32-30-,35-34-,54-51-. The molecule has 0 fully saturated rings. The lowest BCUT2D eigenvalue weighted by atomic mass is 10.0. The van der Waals surface area contributed by atoms with Crippen molar-refractivity contribution in [3.8, 4) is 0 Å². The molecule has 0 heterocycles. The quantitative estimate of drug-likeness (QED) is 0.0261. The monoisotopic (exact) mass is 1160 g/mol. The van der Waals surface area contributed by atoms with E-state index < -0.39 is 6.10 Å². The van der Waals surface area contributed by atoms with Crippen molar-refractivity contribution >= 4 is 17.9 Å². The van der Waals surface area contributed by atoms with Gasteiger partial charge in [0, 0.05) is 19.3 Å². The van der Waals surface area contributed by atoms with Crippen molar-refractivity contribution in [2.75, 3.05) is 13.2 Å². The Hall–Kier alpha value is -3.67. The highest BCUT2D eigenvalue weighted by molar-refractivity contribution is 5.71. The van der Waals surface area contributed by atoms with E-state index in [1.165, 1.54) is 212 Å². The van der Waals surface area contributed by atoms with Gasteiger partial charge in [-0.25, -0.2) is 0 Å². The van der Waals surface area contributed by atoms with Crippen molar-refractivity contribution in [2.45, 2.75) is 361 Å². The number of esters is 3. The van der Waals surface area contributed by atoms with Gasteiger partial charge < -0.3 is 14.2 Å². The van der Waals surface area contributed by atoms with Crippen LogP contribution in [0, 0.1) is 0 Å². The van der Waals surface area contributed by atoms with Crippen molar-refractivity contribution in [3.63, 3.8) is 0 Å². The molecule has 1 unspecified atom stereocenters. The number of rotatable bonds is 65. The van der Waals surface area contributed by atoms with Gasteiger partial charge in [-0.05, 0) is 122 Å². The summed E-state index contributed by atoms with van der Waals surface area (Å²) >= 11 is 0. The van der Waals surface area contributed by atoms with E-state index in [0.717, 1.165) is 103 Å². The predicted octanol–water partition coefficient (Wildman–Crippen LogP) is 24.8. The van der Waals surface area contributed by atoms with E-state index in [4.69, 9.17) is 14.2 Å². The number of hydrogen-bond acceptors (Lipinski definition) is 6. The van der Waals surface area contributed by atoms with E-state index in [1.807, 2.05) is 0 Å². The fourth-order valence-corrected chi connectivity index (χ4v) is 10.2. The van der Waals surface area contributed by atoms with Crippen molar-refractivity contribution in [3.05, 3.63) is 97.2 Å². The molecule has 0 aromatic rings. The summed E-state index contributed by atoms with van der Waals surface area (Å²) in [4.78, 5) is 38.4. The van der Waals surface area contributed by atoms with Gasteiger partial charge in [-0.15, -0.1) is 0 Å². The van der Waals surface area contributed by atoms with E-state index in [1.54, 1.807) is 0 Å². The molecule has 1 atom stereocenters. The van der Waals surface area contributed by atoms with Crippen LogP contribution in [0.3, 0.4) is 0 Å². The number of carbonyl (C=O) groups excluding carboxylic acids is 3. The van der Waals surface area contributed by atoms with Crippen molar-refractivity contribution < 1.29 is 28.6 Å². The van der Waals surface area contributed by atoms with Crippen LogP contribution in [0.2, 0.25) is 0 Å². The third kappa shape index (κ3) is 69.0. The molecule has 0 aliphatic rings. The summed E-state index contributed by atoms with van der Waals surface area (Å²) in [6.45, 7) is 6.51. The van der Waals surface area contributed by atoms with Crippen LogP contribution in [0.1, 0.15) is 355 Å². The first-order chi connectivity index (χ1) is 41.0. The Morgan fingerprint density at radius 1 is 0.253 bits per heavy atom. The van der Waals surface area contributed by atoms with Crippen molar-refractivity contribution in [1.82, 2.24) is 0 Å². The van der Waals surface area contributed by atoms with Gasteiger partial charge in [-0.3, -0.25) is 14.4 Å². The molecule has 0 saturated heterocycles. The molecule has 6 heteroatoms. The molecule has 0 saturated carbocycles. The van der Waals surface area contributed by atoms with Crippen LogP contribution in [0.5, 0.6) is 0 Å². The zero-order chi connectivity index (χ0) is 59.9. The highest BCUT2D eigenvalue weighted by Gasteiger charge is 2.19. The first kappa shape index (κ1) is 79.3. The van der Waals surface area contributed by atoms with Gasteiger partial charge in [0.15, 0.2) is 6.10 Å². The molecule has 0 rings (SSSR count). The van der Waals surface area contributed by atoms with Crippen LogP contribution in [0.4, 0.5) is 0 Å². The van der Waals surface area contributed by atoms with Crippen molar-refractivity contribution in [2.24, 2.45) is 0 Å². The Kier molecular flexibility index (Phi) is 67.7. The molecule has 0 aromatic heterocycles. The van der Waals surface area contributed by atoms with E-state index in [0.29, 0.717) is 19.3 Å². The van der Waals surface area contributed by atoms with Gasteiger partial charge in [0.05, 0.1) is 0 Å². The first-order valence-electron chi connectivity index (χ1n) is 35.7. The maximum absolute atomic E-state index is 12.9. The topological polar surface area (TPSA) is 78.9 Å². The lowest BCUT2D eigenvalue weighted by molar-refractivity contribution is -0.167. The van der Waals surface area contributed by atoms with Gasteiger partial charge in [-0.2, -0.15) is 0 Å². The first-order valence-corrected chi connectivity index (χ1v) is 35.7. The zero-order valence-electron chi connectivity index (χ0n) is 54.9. The summed E-state index contributed by atoms with van der Waals surface area (Å²) in [5.41, 5.74) is 0. The molecule has 0 aromatic carbocycles. The van der Waals surface area contributed by atoms with Crippen LogP contribution < -0.4 is 0 Å². The molecule has 0 aliphatic carbocycles. The SMILES string of the molecule is CC/C=C\C/C=C\C/C=C\CCCCCC(=O)OCC(COC(=O)CCCCCCCCCCCCCCCCCC/C=C\C/C=C\C/C=C\CCCCCCC)OC(=O)CCCCCCCCCCC/C=C\C/C=C\CCCCCCC. The second kappa shape index (κ2) is 70.8. The fourth-order valence-electron chi connectivity index (χ4n) is 10.2. The molecule has 0 aliphatic heterocycles. The molecular formula is C77H134O6. The van der Waals surface area contributed by atoms with Gasteiger partial charge >= 0.3 is 17.9 Å². The number of allylic oxidation sites excluding steroid dienone is 16. The van der Waals surface area contributed by atoms with Gasteiger partial charge in [0.1, 0.15) is 13.2 Å². The summed E-state index contributed by atoms with van der Waals surface area (Å²) in [5.74, 6) is -0.907. The Labute approximate surface area is 515 Å². The summed E-state index contributed by atoms with van der Waals surface area (Å²) in [5, 5.41) is 0. The van der Waals surface area contributed by atoms with Gasteiger partial charge in [0.2, 0.25) is 0 Å². The van der Waals surface area contributed by atoms with Gasteiger partial charge in [-0.1, -0.05) is 311 Å². The molecule has 0 amide bonds. The zero-order valence-corrected chi connectivity index (χ0v) is 54.9. The summed E-state index contributed by atoms with van der Waals surface area (Å²) in [7, 11) is 0. The van der Waals surface area contributed by atoms with E-state index in [2.05, 4.69) is 118 Å². The molecule has 0 bridgehead atoms. The smallest absolute Gasteiger partial charge is 0.306 e. The lowest BCUT2D eigenvalue weighted by Crippen LogP contribution is -2.30. The minimum absolute atomic E-state index is 0.0867. The van der Waals surface area contributed by atoms with Gasteiger partial charge in [0.25, 0.3) is 0 Å². The predicted molar refractivity (Wildman–Crippen MR) is 362 cm³/mol. The Morgan fingerprint density at radius 3 is 0.747 bits per heavy atom. The highest BCUT2D eigenvalue weighted by atomic mass is 16.6. The second-order valence-corrected chi connectivity index (χ2v) is 23.8. The van der Waals surface area contributed by atoms with E-state index >= 15 is 0 Å². The van der Waals surface area contributed by atoms with E-state index in [-0.39, 0.29) is 31.1 Å². The molecule has 0 spiro atoms. The summed E-state index contributed by atoms with van der Waals surface area (Å²) in [6.07, 6.45) is 95.9. The number of carbonyl (C=O) groups is 3. The maximum Gasteiger partial charge on any atom is 0.306 e. The molecular weight excluding hydrogens is 1020 g/mol. The largest absolute Gasteiger partial charge is 0.462 e. The fraction of sp³-hybridized carbons (Fsp3) is 0.753. The van der Waals surface area contributed by atoms with Crippen molar-refractivity contribution in [1.29, 1.82) is 0 Å². The molecule has 83 heavy (non-hydrogen) atoms. The third-order valence-electron chi connectivity index (χ3n) is 15.5. The van der Waals surface area contributed by atoms with Crippen LogP contribution >= 0.6 is 0 Å². The maximum atomic E-state index is 12.9. The summed E-state index contributed by atoms with van der Waals surface area (Å²) < 4.78 is 16.9. The molecule has 0 N–H and O–H groups in total. The average Bonchev–Trinajstić information content (AvgIpc) is 3.49. The molecule has 6 nitrogen and oxygen atoms in total. The minimum Gasteiger partial charge on any atom is -0.462 e. The Morgan fingerprint density at radius 2 is 0.470 bits per heavy atom. The normalized spacial score (nSPS) is 12.7. The number of unbranched alkanes of at least 4 members (excludes halogenated alkanes) is 38. The average molecular weight is 1160 g/mol. The number of hydrogen-bond donors (Lipinski definition) is 0. The highest BCUT2D eigenvalue weighted by Crippen LogP contribution is 2.17. The second-order valence-electron chi connectivity index (χ2n) is 23.8. The number of ether oxygens (including phenoxy) is 3. The third-order valence-corrected chi connectivity index (χ3v) is 15.5. The molecule has 478 valence electrons. The van der Waals surface area contributed by atoms with Crippen LogP contribution in [0.15, 0.2) is 97.2 Å². The Balaban J connectivity index is 4.24.